The van der Waals surface area contributed by atoms with Crippen molar-refractivity contribution in [3.63, 3.8) is 0 Å². The zero-order valence-electron chi connectivity index (χ0n) is 12.2. The van der Waals surface area contributed by atoms with E-state index in [1.807, 2.05) is 0 Å². The molecule has 6 nitrogen and oxygen atoms in total. The Morgan fingerprint density at radius 3 is 2.25 bits per heavy atom. The minimum absolute atomic E-state index is 0.0995. The van der Waals surface area contributed by atoms with Gasteiger partial charge in [-0.05, 0) is 6.42 Å². The quantitative estimate of drug-likeness (QED) is 0.647. The molecule has 7 heteroatoms. The molecule has 0 saturated heterocycles. The first-order chi connectivity index (χ1) is 9.60. The van der Waals surface area contributed by atoms with Crippen molar-refractivity contribution in [1.29, 1.82) is 0 Å². The van der Waals surface area contributed by atoms with Crippen LogP contribution < -0.4 is 10.0 Å². The Bertz CT molecular complexity index is 474. The fourth-order valence-electron chi connectivity index (χ4n) is 1.78. The zero-order valence-corrected chi connectivity index (χ0v) is 13.0. The van der Waals surface area contributed by atoms with Gasteiger partial charge in [0.1, 0.15) is 4.90 Å². The molecule has 0 spiro atoms. The Hall–Kier alpha value is -1.21. The molecule has 1 aromatic rings. The first-order valence-corrected chi connectivity index (χ1v) is 8.58. The van der Waals surface area contributed by atoms with E-state index in [1.54, 1.807) is 7.05 Å². The van der Waals surface area contributed by atoms with Crippen molar-refractivity contribution >= 4 is 16.0 Å². The molecule has 0 aromatic carbocycles. The standard InChI is InChI=1S/C13H24N4O2S/c1-3-4-5-6-7-8-9-17-20(18,19)12-10-15-13(14-2)16-11-12/h10-11,17H,3-9H2,1-2H3,(H,14,15,16). The number of hydrogen-bond acceptors (Lipinski definition) is 5. The summed E-state index contributed by atoms with van der Waals surface area (Å²) in [5.74, 6) is 0.403. The van der Waals surface area contributed by atoms with E-state index >= 15 is 0 Å². The highest BCUT2D eigenvalue weighted by Gasteiger charge is 2.14. The predicted octanol–water partition coefficient (Wildman–Crippen LogP) is 2.16. The average Bonchev–Trinajstić information content (AvgIpc) is 2.46. The van der Waals surface area contributed by atoms with Crippen LogP contribution in [0.15, 0.2) is 17.3 Å². The lowest BCUT2D eigenvalue weighted by molar-refractivity contribution is 0.567. The van der Waals surface area contributed by atoms with Gasteiger partial charge < -0.3 is 5.32 Å². The third-order valence-corrected chi connectivity index (χ3v) is 4.40. The fourth-order valence-corrected chi connectivity index (χ4v) is 2.74. The van der Waals surface area contributed by atoms with E-state index in [1.165, 1.54) is 31.7 Å². The number of hydrogen-bond donors (Lipinski definition) is 2. The maximum Gasteiger partial charge on any atom is 0.243 e. The maximum atomic E-state index is 12.0. The second-order valence-corrected chi connectivity index (χ2v) is 6.42. The van der Waals surface area contributed by atoms with Crippen LogP contribution >= 0.6 is 0 Å². The van der Waals surface area contributed by atoms with E-state index in [-0.39, 0.29) is 4.90 Å². The SMILES string of the molecule is CCCCCCCCNS(=O)(=O)c1cnc(NC)nc1. The Labute approximate surface area is 121 Å². The van der Waals surface area contributed by atoms with Crippen LogP contribution in [0, 0.1) is 0 Å². The molecule has 1 heterocycles. The lowest BCUT2D eigenvalue weighted by Gasteiger charge is -2.06. The maximum absolute atomic E-state index is 12.0. The van der Waals surface area contributed by atoms with Crippen LogP contribution in [0.4, 0.5) is 5.95 Å². The molecule has 0 amide bonds. The molecule has 1 rings (SSSR count). The number of aromatic nitrogens is 2. The first-order valence-electron chi connectivity index (χ1n) is 7.09. The Balaban J connectivity index is 2.33. The molecule has 1 aromatic heterocycles. The van der Waals surface area contributed by atoms with Crippen molar-refractivity contribution in [3.05, 3.63) is 12.4 Å². The summed E-state index contributed by atoms with van der Waals surface area (Å²) in [4.78, 5) is 7.90. The van der Waals surface area contributed by atoms with E-state index in [0.717, 1.165) is 19.3 Å². The van der Waals surface area contributed by atoms with Gasteiger partial charge in [0.25, 0.3) is 0 Å². The third kappa shape index (κ3) is 5.83. The van der Waals surface area contributed by atoms with Gasteiger partial charge >= 0.3 is 0 Å². The van der Waals surface area contributed by atoms with Crippen molar-refractivity contribution in [2.75, 3.05) is 18.9 Å². The second kappa shape index (κ2) is 8.86. The van der Waals surface area contributed by atoms with Gasteiger partial charge in [-0.1, -0.05) is 39.0 Å². The number of unbranched alkanes of at least 4 members (excludes halogenated alkanes) is 5. The number of nitrogens with one attached hydrogen (secondary N) is 2. The monoisotopic (exact) mass is 300 g/mol. The van der Waals surface area contributed by atoms with Gasteiger partial charge in [0.2, 0.25) is 16.0 Å². The molecule has 0 atom stereocenters. The topological polar surface area (TPSA) is 84.0 Å². The lowest BCUT2D eigenvalue weighted by atomic mass is 10.1. The highest BCUT2D eigenvalue weighted by Crippen LogP contribution is 2.08. The molecule has 0 saturated carbocycles. The van der Waals surface area contributed by atoms with E-state index in [9.17, 15) is 8.42 Å². The van der Waals surface area contributed by atoms with Gasteiger partial charge in [-0.3, -0.25) is 0 Å². The van der Waals surface area contributed by atoms with Gasteiger partial charge in [0.05, 0.1) is 12.4 Å². The number of sulfonamides is 1. The van der Waals surface area contributed by atoms with Crippen molar-refractivity contribution in [3.8, 4) is 0 Å². The van der Waals surface area contributed by atoms with Crippen LogP contribution in [0.5, 0.6) is 0 Å². The highest BCUT2D eigenvalue weighted by molar-refractivity contribution is 7.89. The zero-order chi connectivity index (χ0) is 14.8. The average molecular weight is 300 g/mol. The fraction of sp³-hybridized carbons (Fsp3) is 0.692. The van der Waals surface area contributed by atoms with Crippen molar-refractivity contribution in [1.82, 2.24) is 14.7 Å². The number of rotatable bonds is 10. The molecule has 20 heavy (non-hydrogen) atoms. The Morgan fingerprint density at radius 1 is 1.05 bits per heavy atom. The Kier molecular flexibility index (Phi) is 7.46. The summed E-state index contributed by atoms with van der Waals surface area (Å²) >= 11 is 0. The summed E-state index contributed by atoms with van der Waals surface area (Å²) in [6, 6.07) is 0. The molecule has 0 fully saturated rings. The van der Waals surface area contributed by atoms with E-state index in [0.29, 0.717) is 12.5 Å². The molecule has 0 aliphatic heterocycles. The predicted molar refractivity (Wildman–Crippen MR) is 80.1 cm³/mol. The summed E-state index contributed by atoms with van der Waals surface area (Å²) in [5.41, 5.74) is 0. The molecular weight excluding hydrogens is 276 g/mol. The van der Waals surface area contributed by atoms with Gasteiger partial charge in [0.15, 0.2) is 0 Å². The van der Waals surface area contributed by atoms with Crippen LogP contribution in [0.2, 0.25) is 0 Å². The van der Waals surface area contributed by atoms with Crippen LogP contribution in [-0.4, -0.2) is 32.0 Å². The molecule has 114 valence electrons. The summed E-state index contributed by atoms with van der Waals surface area (Å²) in [5, 5.41) is 2.74. The molecule has 0 aliphatic carbocycles. The molecule has 0 radical (unpaired) electrons. The van der Waals surface area contributed by atoms with Crippen molar-refractivity contribution in [2.24, 2.45) is 0 Å². The smallest absolute Gasteiger partial charge is 0.243 e. The van der Waals surface area contributed by atoms with Crippen LogP contribution in [0.1, 0.15) is 45.4 Å². The minimum atomic E-state index is -3.49. The van der Waals surface area contributed by atoms with Gasteiger partial charge in [-0.25, -0.2) is 23.1 Å². The molecular formula is C13H24N4O2S. The second-order valence-electron chi connectivity index (χ2n) is 4.66. The number of anilines is 1. The first kappa shape index (κ1) is 16.8. The van der Waals surface area contributed by atoms with Gasteiger partial charge in [-0.2, -0.15) is 0 Å². The molecule has 2 N–H and O–H groups in total. The minimum Gasteiger partial charge on any atom is -0.357 e. The summed E-state index contributed by atoms with van der Waals surface area (Å²) in [6.45, 7) is 2.64. The third-order valence-electron chi connectivity index (χ3n) is 2.98. The molecule has 0 aliphatic rings. The van der Waals surface area contributed by atoms with Crippen molar-refractivity contribution in [2.45, 2.75) is 50.3 Å². The van der Waals surface area contributed by atoms with Gasteiger partial charge in [-0.15, -0.1) is 0 Å². The summed E-state index contributed by atoms with van der Waals surface area (Å²) in [6.07, 6.45) is 9.38. The molecule has 0 bridgehead atoms. The van der Waals surface area contributed by atoms with Crippen molar-refractivity contribution < 1.29 is 8.42 Å². The molecule has 0 unspecified atom stereocenters. The summed E-state index contributed by atoms with van der Waals surface area (Å²) in [7, 11) is -1.80. The highest BCUT2D eigenvalue weighted by atomic mass is 32.2. The van der Waals surface area contributed by atoms with Crippen LogP contribution in [0.25, 0.3) is 0 Å². The van der Waals surface area contributed by atoms with E-state index < -0.39 is 10.0 Å². The number of nitrogens with zero attached hydrogens (tertiary/aromatic N) is 2. The van der Waals surface area contributed by atoms with E-state index in [4.69, 9.17) is 0 Å². The van der Waals surface area contributed by atoms with Crippen LogP contribution in [-0.2, 0) is 10.0 Å². The Morgan fingerprint density at radius 2 is 1.65 bits per heavy atom. The van der Waals surface area contributed by atoms with E-state index in [2.05, 4.69) is 26.9 Å². The summed E-state index contributed by atoms with van der Waals surface area (Å²) < 4.78 is 26.5. The lowest BCUT2D eigenvalue weighted by Crippen LogP contribution is -2.25. The van der Waals surface area contributed by atoms with Gasteiger partial charge in [0, 0.05) is 13.6 Å². The largest absolute Gasteiger partial charge is 0.357 e. The van der Waals surface area contributed by atoms with Crippen LogP contribution in [0.3, 0.4) is 0 Å². The normalized spacial score (nSPS) is 11.5.